The standard InChI is InChI=1S/C15H9BrFN3OS/c16-10-6-7-12(17)11(8-10)13(21)18-15-20-19-14(22-15)9-4-2-1-3-5-9/h1-8H,(H,18,20,21). The van der Waals surface area contributed by atoms with Crippen LogP contribution >= 0.6 is 27.3 Å². The first kappa shape index (κ1) is 14.8. The van der Waals surface area contributed by atoms with Gasteiger partial charge in [-0.2, -0.15) is 0 Å². The molecule has 0 spiro atoms. The SMILES string of the molecule is O=C(Nc1nnc(-c2ccccc2)s1)c1cc(Br)ccc1F. The highest BCUT2D eigenvalue weighted by atomic mass is 79.9. The minimum Gasteiger partial charge on any atom is -0.296 e. The number of hydrogen-bond donors (Lipinski definition) is 1. The van der Waals surface area contributed by atoms with E-state index in [1.165, 1.54) is 29.5 Å². The highest BCUT2D eigenvalue weighted by Crippen LogP contribution is 2.26. The van der Waals surface area contributed by atoms with E-state index in [4.69, 9.17) is 0 Å². The van der Waals surface area contributed by atoms with Gasteiger partial charge in [0.05, 0.1) is 5.56 Å². The van der Waals surface area contributed by atoms with E-state index in [9.17, 15) is 9.18 Å². The van der Waals surface area contributed by atoms with Crippen LogP contribution in [0.3, 0.4) is 0 Å². The van der Waals surface area contributed by atoms with Crippen molar-refractivity contribution in [1.82, 2.24) is 10.2 Å². The van der Waals surface area contributed by atoms with Crippen LogP contribution in [-0.2, 0) is 0 Å². The molecule has 1 heterocycles. The zero-order valence-corrected chi connectivity index (χ0v) is 13.5. The van der Waals surface area contributed by atoms with Crippen LogP contribution in [0.2, 0.25) is 0 Å². The molecule has 3 aromatic rings. The quantitative estimate of drug-likeness (QED) is 0.737. The number of amides is 1. The van der Waals surface area contributed by atoms with Crippen molar-refractivity contribution in [2.75, 3.05) is 5.32 Å². The molecule has 0 bridgehead atoms. The van der Waals surface area contributed by atoms with Crippen molar-refractivity contribution in [3.63, 3.8) is 0 Å². The molecule has 1 amide bonds. The maximum atomic E-state index is 13.7. The van der Waals surface area contributed by atoms with Gasteiger partial charge in [0.15, 0.2) is 0 Å². The zero-order valence-electron chi connectivity index (χ0n) is 11.1. The maximum absolute atomic E-state index is 13.7. The average molecular weight is 378 g/mol. The molecule has 0 aliphatic rings. The molecule has 2 aromatic carbocycles. The van der Waals surface area contributed by atoms with Crippen molar-refractivity contribution >= 4 is 38.3 Å². The third kappa shape index (κ3) is 3.20. The lowest BCUT2D eigenvalue weighted by Gasteiger charge is -2.03. The van der Waals surface area contributed by atoms with Gasteiger partial charge in [-0.05, 0) is 18.2 Å². The molecule has 0 saturated carbocycles. The van der Waals surface area contributed by atoms with Gasteiger partial charge in [-0.15, -0.1) is 10.2 Å². The number of carbonyl (C=O) groups excluding carboxylic acids is 1. The summed E-state index contributed by atoms with van der Waals surface area (Å²) in [5, 5.41) is 11.5. The van der Waals surface area contributed by atoms with Crippen LogP contribution in [0.25, 0.3) is 10.6 Å². The molecule has 0 unspecified atom stereocenters. The Labute approximate surface area is 138 Å². The first-order valence-electron chi connectivity index (χ1n) is 6.29. The molecule has 4 nitrogen and oxygen atoms in total. The maximum Gasteiger partial charge on any atom is 0.260 e. The van der Waals surface area contributed by atoms with E-state index in [0.29, 0.717) is 14.6 Å². The van der Waals surface area contributed by atoms with Gasteiger partial charge in [0.2, 0.25) is 5.13 Å². The fourth-order valence-corrected chi connectivity index (χ4v) is 2.91. The molecule has 0 fully saturated rings. The minimum absolute atomic E-state index is 0.0502. The lowest BCUT2D eigenvalue weighted by molar-refractivity contribution is 0.102. The monoisotopic (exact) mass is 377 g/mol. The second-order valence-corrected chi connectivity index (χ2v) is 6.25. The van der Waals surface area contributed by atoms with Gasteiger partial charge in [-0.25, -0.2) is 4.39 Å². The highest BCUT2D eigenvalue weighted by molar-refractivity contribution is 9.10. The topological polar surface area (TPSA) is 54.9 Å². The van der Waals surface area contributed by atoms with Crippen LogP contribution < -0.4 is 5.32 Å². The van der Waals surface area contributed by atoms with E-state index in [0.717, 1.165) is 5.56 Å². The van der Waals surface area contributed by atoms with Crippen molar-refractivity contribution in [3.05, 3.63) is 64.4 Å². The summed E-state index contributed by atoms with van der Waals surface area (Å²) >= 11 is 4.44. The number of aromatic nitrogens is 2. The predicted molar refractivity (Wildman–Crippen MR) is 87.4 cm³/mol. The van der Waals surface area contributed by atoms with E-state index in [2.05, 4.69) is 31.4 Å². The third-order valence-corrected chi connectivity index (χ3v) is 4.22. The number of halogens is 2. The van der Waals surface area contributed by atoms with Crippen molar-refractivity contribution < 1.29 is 9.18 Å². The summed E-state index contributed by atoms with van der Waals surface area (Å²) in [7, 11) is 0. The van der Waals surface area contributed by atoms with Gasteiger partial charge >= 0.3 is 0 Å². The van der Waals surface area contributed by atoms with Gasteiger partial charge in [0.25, 0.3) is 5.91 Å². The summed E-state index contributed by atoms with van der Waals surface area (Å²) in [5.41, 5.74) is 0.861. The Balaban J connectivity index is 1.81. The number of anilines is 1. The zero-order chi connectivity index (χ0) is 15.5. The van der Waals surface area contributed by atoms with E-state index in [1.54, 1.807) is 0 Å². The normalized spacial score (nSPS) is 10.5. The number of benzene rings is 2. The van der Waals surface area contributed by atoms with E-state index in [1.807, 2.05) is 30.3 Å². The average Bonchev–Trinajstić information content (AvgIpc) is 2.99. The molecule has 0 radical (unpaired) electrons. The Morgan fingerprint density at radius 2 is 1.91 bits per heavy atom. The molecule has 0 aliphatic heterocycles. The molecule has 0 saturated heterocycles. The van der Waals surface area contributed by atoms with Crippen LogP contribution in [0, 0.1) is 5.82 Å². The third-order valence-electron chi connectivity index (χ3n) is 2.84. The predicted octanol–water partition coefficient (Wildman–Crippen LogP) is 4.36. The number of carbonyl (C=O) groups is 1. The van der Waals surface area contributed by atoms with E-state index in [-0.39, 0.29) is 5.56 Å². The molecule has 0 atom stereocenters. The molecule has 0 aliphatic carbocycles. The van der Waals surface area contributed by atoms with Crippen molar-refractivity contribution in [1.29, 1.82) is 0 Å². The van der Waals surface area contributed by atoms with Crippen molar-refractivity contribution in [2.24, 2.45) is 0 Å². The molecular formula is C15H9BrFN3OS. The van der Waals surface area contributed by atoms with Crippen LogP contribution in [0.15, 0.2) is 53.0 Å². The second-order valence-electron chi connectivity index (χ2n) is 4.36. The van der Waals surface area contributed by atoms with Crippen LogP contribution in [-0.4, -0.2) is 16.1 Å². The van der Waals surface area contributed by atoms with E-state index < -0.39 is 11.7 Å². The number of nitrogens with zero attached hydrogens (tertiary/aromatic N) is 2. The van der Waals surface area contributed by atoms with Gasteiger partial charge in [-0.1, -0.05) is 57.6 Å². The van der Waals surface area contributed by atoms with Crippen molar-refractivity contribution in [3.8, 4) is 10.6 Å². The number of rotatable bonds is 3. The van der Waals surface area contributed by atoms with Crippen LogP contribution in [0.5, 0.6) is 0 Å². The number of hydrogen-bond acceptors (Lipinski definition) is 4. The van der Waals surface area contributed by atoms with Crippen LogP contribution in [0.1, 0.15) is 10.4 Å². The summed E-state index contributed by atoms with van der Waals surface area (Å²) in [6.07, 6.45) is 0. The van der Waals surface area contributed by atoms with E-state index >= 15 is 0 Å². The molecule has 22 heavy (non-hydrogen) atoms. The smallest absolute Gasteiger partial charge is 0.260 e. The molecule has 1 N–H and O–H groups in total. The Morgan fingerprint density at radius 1 is 1.14 bits per heavy atom. The molecule has 110 valence electrons. The van der Waals surface area contributed by atoms with Gasteiger partial charge < -0.3 is 0 Å². The fraction of sp³-hybridized carbons (Fsp3) is 0. The highest BCUT2D eigenvalue weighted by Gasteiger charge is 2.15. The minimum atomic E-state index is -0.589. The Kier molecular flexibility index (Phi) is 4.26. The summed E-state index contributed by atoms with van der Waals surface area (Å²) in [5.74, 6) is -1.15. The summed E-state index contributed by atoms with van der Waals surface area (Å²) < 4.78 is 14.3. The lowest BCUT2D eigenvalue weighted by Crippen LogP contribution is -2.13. The Morgan fingerprint density at radius 3 is 2.68 bits per heavy atom. The first-order valence-corrected chi connectivity index (χ1v) is 7.90. The summed E-state index contributed by atoms with van der Waals surface area (Å²) in [4.78, 5) is 12.1. The fourth-order valence-electron chi connectivity index (χ4n) is 1.81. The lowest BCUT2D eigenvalue weighted by atomic mass is 10.2. The summed E-state index contributed by atoms with van der Waals surface area (Å²) in [6.45, 7) is 0. The first-order chi connectivity index (χ1) is 10.6. The van der Waals surface area contributed by atoms with Gasteiger partial charge in [0, 0.05) is 10.0 Å². The molecule has 7 heteroatoms. The largest absolute Gasteiger partial charge is 0.296 e. The van der Waals surface area contributed by atoms with Gasteiger partial charge in [-0.3, -0.25) is 10.1 Å². The Bertz CT molecular complexity index is 823. The van der Waals surface area contributed by atoms with Crippen molar-refractivity contribution in [2.45, 2.75) is 0 Å². The Hall–Kier alpha value is -2.12. The van der Waals surface area contributed by atoms with Gasteiger partial charge in [0.1, 0.15) is 10.8 Å². The molecule has 3 rings (SSSR count). The second kappa shape index (κ2) is 6.33. The van der Waals surface area contributed by atoms with Crippen LogP contribution in [0.4, 0.5) is 9.52 Å². The summed E-state index contributed by atoms with van der Waals surface area (Å²) in [6, 6.07) is 13.7. The molecule has 1 aromatic heterocycles. The molecular weight excluding hydrogens is 369 g/mol. The number of nitrogens with one attached hydrogen (secondary N) is 1.